The van der Waals surface area contributed by atoms with Crippen molar-refractivity contribution < 1.29 is 23.8 Å². The zero-order valence-electron chi connectivity index (χ0n) is 14.6. The van der Waals surface area contributed by atoms with Crippen LogP contribution in [0.3, 0.4) is 0 Å². The number of nitrogens with two attached hydrogens (primary N) is 1. The number of primary amides is 1. The molecule has 0 atom stereocenters. The van der Waals surface area contributed by atoms with Gasteiger partial charge in [-0.25, -0.2) is 14.4 Å². The highest BCUT2D eigenvalue weighted by Crippen LogP contribution is 2.36. The highest BCUT2D eigenvalue weighted by atomic mass is 19.1. The number of fused-ring (bicyclic) bond motifs is 1. The lowest BCUT2D eigenvalue weighted by atomic mass is 10.1. The zero-order valence-corrected chi connectivity index (χ0v) is 14.6. The molecule has 0 fully saturated rings. The molecule has 0 aliphatic heterocycles. The van der Waals surface area contributed by atoms with Crippen molar-refractivity contribution in [2.45, 2.75) is 6.92 Å². The Labute approximate surface area is 153 Å². The van der Waals surface area contributed by atoms with Gasteiger partial charge in [-0.15, -0.1) is 0 Å². The number of methoxy groups -OCH3 is 1. The standard InChI is InChI=1S/C18H17FN4O4/c1-9-13(24)4-3-11(19)17(9)23-18-10-5-14(26-2)15(27-7-16(20)25)6-12(10)21-8-22-18/h3-6,8,24H,7H2,1-2H3,(H2,20,25)(H,21,22,23). The van der Waals surface area contributed by atoms with Crippen LogP contribution in [0, 0.1) is 12.7 Å². The van der Waals surface area contributed by atoms with Crippen molar-refractivity contribution in [2.75, 3.05) is 19.0 Å². The number of anilines is 2. The van der Waals surface area contributed by atoms with Crippen LogP contribution in [0.2, 0.25) is 0 Å². The average Bonchev–Trinajstić information content (AvgIpc) is 2.65. The van der Waals surface area contributed by atoms with Crippen LogP contribution in [0.1, 0.15) is 5.56 Å². The molecule has 140 valence electrons. The molecule has 0 spiro atoms. The normalized spacial score (nSPS) is 10.6. The van der Waals surface area contributed by atoms with E-state index in [-0.39, 0.29) is 23.8 Å². The number of carbonyl (C=O) groups excluding carboxylic acids is 1. The van der Waals surface area contributed by atoms with Gasteiger partial charge in [0.1, 0.15) is 23.7 Å². The third-order valence-electron chi connectivity index (χ3n) is 3.92. The third-order valence-corrected chi connectivity index (χ3v) is 3.92. The molecule has 3 rings (SSSR count). The predicted octanol–water partition coefficient (Wildman–Crippen LogP) is 2.40. The number of benzene rings is 2. The third kappa shape index (κ3) is 3.66. The highest BCUT2D eigenvalue weighted by Gasteiger charge is 2.15. The van der Waals surface area contributed by atoms with Crippen LogP contribution in [-0.4, -0.2) is 34.7 Å². The Balaban J connectivity index is 2.07. The van der Waals surface area contributed by atoms with Gasteiger partial charge in [-0.3, -0.25) is 4.79 Å². The van der Waals surface area contributed by atoms with E-state index in [0.717, 1.165) is 6.07 Å². The number of phenolic OH excluding ortho intramolecular Hbond substituents is 1. The van der Waals surface area contributed by atoms with Crippen molar-refractivity contribution in [3.05, 3.63) is 42.0 Å². The quantitative estimate of drug-likeness (QED) is 0.608. The lowest BCUT2D eigenvalue weighted by Crippen LogP contribution is -2.20. The first-order valence-electron chi connectivity index (χ1n) is 7.89. The molecule has 0 radical (unpaired) electrons. The van der Waals surface area contributed by atoms with Gasteiger partial charge in [0.05, 0.1) is 18.3 Å². The molecule has 9 heteroatoms. The van der Waals surface area contributed by atoms with Crippen molar-refractivity contribution >= 4 is 28.3 Å². The Morgan fingerprint density at radius 2 is 2.07 bits per heavy atom. The summed E-state index contributed by atoms with van der Waals surface area (Å²) >= 11 is 0. The molecule has 0 saturated heterocycles. The number of phenols is 1. The SMILES string of the molecule is COc1cc2c(Nc3c(F)ccc(O)c3C)ncnc2cc1OCC(N)=O. The van der Waals surface area contributed by atoms with Gasteiger partial charge in [-0.05, 0) is 25.1 Å². The fourth-order valence-corrected chi connectivity index (χ4v) is 2.52. The van der Waals surface area contributed by atoms with E-state index in [9.17, 15) is 14.3 Å². The van der Waals surface area contributed by atoms with Gasteiger partial charge >= 0.3 is 0 Å². The minimum absolute atomic E-state index is 0.0445. The van der Waals surface area contributed by atoms with E-state index in [2.05, 4.69) is 15.3 Å². The molecule has 3 aromatic rings. The molecule has 1 heterocycles. The van der Waals surface area contributed by atoms with Crippen LogP contribution < -0.4 is 20.5 Å². The minimum Gasteiger partial charge on any atom is -0.508 e. The summed E-state index contributed by atoms with van der Waals surface area (Å²) in [6, 6.07) is 5.60. The van der Waals surface area contributed by atoms with Crippen LogP contribution in [0.4, 0.5) is 15.9 Å². The van der Waals surface area contributed by atoms with E-state index in [1.54, 1.807) is 19.1 Å². The topological polar surface area (TPSA) is 120 Å². The summed E-state index contributed by atoms with van der Waals surface area (Å²) in [6.07, 6.45) is 1.30. The molecule has 27 heavy (non-hydrogen) atoms. The predicted molar refractivity (Wildman–Crippen MR) is 96.9 cm³/mol. The second-order valence-corrected chi connectivity index (χ2v) is 5.69. The molecule has 0 saturated carbocycles. The summed E-state index contributed by atoms with van der Waals surface area (Å²) in [6.45, 7) is 1.27. The number of nitrogens with one attached hydrogen (secondary N) is 1. The first kappa shape index (κ1) is 18.2. The first-order chi connectivity index (χ1) is 12.9. The van der Waals surface area contributed by atoms with E-state index >= 15 is 0 Å². The number of rotatable bonds is 6. The number of hydrogen-bond acceptors (Lipinski definition) is 7. The van der Waals surface area contributed by atoms with Gasteiger partial charge in [0.15, 0.2) is 18.1 Å². The van der Waals surface area contributed by atoms with Crippen LogP contribution >= 0.6 is 0 Å². The number of hydrogen-bond donors (Lipinski definition) is 3. The van der Waals surface area contributed by atoms with Crippen molar-refractivity contribution in [1.82, 2.24) is 9.97 Å². The summed E-state index contributed by atoms with van der Waals surface area (Å²) in [7, 11) is 1.44. The summed E-state index contributed by atoms with van der Waals surface area (Å²) < 4.78 is 24.8. The number of aromatic hydroxyl groups is 1. The smallest absolute Gasteiger partial charge is 0.255 e. The molecule has 8 nitrogen and oxygen atoms in total. The summed E-state index contributed by atoms with van der Waals surface area (Å²) in [5.41, 5.74) is 6.02. The molecule has 0 aliphatic carbocycles. The molecule has 0 bridgehead atoms. The molecule has 4 N–H and O–H groups in total. The lowest BCUT2D eigenvalue weighted by molar-refractivity contribution is -0.119. The summed E-state index contributed by atoms with van der Waals surface area (Å²) in [5, 5.41) is 13.2. The molecular formula is C18H17FN4O4. The Kier molecular flexibility index (Phi) is 4.93. The van der Waals surface area contributed by atoms with E-state index in [1.165, 1.54) is 19.5 Å². The van der Waals surface area contributed by atoms with Gasteiger partial charge in [0.2, 0.25) is 0 Å². The van der Waals surface area contributed by atoms with E-state index < -0.39 is 11.7 Å². The number of nitrogens with zero attached hydrogens (tertiary/aromatic N) is 2. The molecule has 0 aliphatic rings. The molecule has 1 aromatic heterocycles. The van der Waals surface area contributed by atoms with Crippen molar-refractivity contribution in [3.8, 4) is 17.2 Å². The maximum Gasteiger partial charge on any atom is 0.255 e. The van der Waals surface area contributed by atoms with Crippen LogP contribution in [0.25, 0.3) is 10.9 Å². The molecule has 2 aromatic carbocycles. The Morgan fingerprint density at radius 3 is 2.78 bits per heavy atom. The summed E-state index contributed by atoms with van der Waals surface area (Å²) in [4.78, 5) is 19.3. The molecule has 1 amide bonds. The Morgan fingerprint density at radius 1 is 1.30 bits per heavy atom. The van der Waals surface area contributed by atoms with E-state index in [4.69, 9.17) is 15.2 Å². The second kappa shape index (κ2) is 7.32. The maximum absolute atomic E-state index is 14.2. The van der Waals surface area contributed by atoms with Gasteiger partial charge in [-0.1, -0.05) is 0 Å². The van der Waals surface area contributed by atoms with Gasteiger partial charge in [-0.2, -0.15) is 0 Å². The Bertz CT molecular complexity index is 1030. The number of halogens is 1. The van der Waals surface area contributed by atoms with Gasteiger partial charge < -0.3 is 25.6 Å². The monoisotopic (exact) mass is 372 g/mol. The average molecular weight is 372 g/mol. The van der Waals surface area contributed by atoms with Crippen LogP contribution in [0.5, 0.6) is 17.2 Å². The number of amides is 1. The number of aromatic nitrogens is 2. The van der Waals surface area contributed by atoms with Crippen molar-refractivity contribution in [2.24, 2.45) is 5.73 Å². The minimum atomic E-state index is -0.628. The Hall–Kier alpha value is -3.62. The van der Waals surface area contributed by atoms with Gasteiger partial charge in [0, 0.05) is 17.0 Å². The highest BCUT2D eigenvalue weighted by molar-refractivity contribution is 5.93. The fraction of sp³-hybridized carbons (Fsp3) is 0.167. The van der Waals surface area contributed by atoms with E-state index in [1.807, 2.05) is 0 Å². The van der Waals surface area contributed by atoms with Gasteiger partial charge in [0.25, 0.3) is 5.91 Å². The largest absolute Gasteiger partial charge is 0.508 e. The molecular weight excluding hydrogens is 355 g/mol. The number of carbonyl (C=O) groups is 1. The molecule has 0 unspecified atom stereocenters. The lowest BCUT2D eigenvalue weighted by Gasteiger charge is -2.15. The van der Waals surface area contributed by atoms with Crippen molar-refractivity contribution in [1.29, 1.82) is 0 Å². The van der Waals surface area contributed by atoms with Crippen LogP contribution in [-0.2, 0) is 4.79 Å². The van der Waals surface area contributed by atoms with E-state index in [0.29, 0.717) is 28.0 Å². The maximum atomic E-state index is 14.2. The summed E-state index contributed by atoms with van der Waals surface area (Å²) in [5.74, 6) is -0.283. The van der Waals surface area contributed by atoms with Crippen LogP contribution in [0.15, 0.2) is 30.6 Å². The fourth-order valence-electron chi connectivity index (χ4n) is 2.52. The second-order valence-electron chi connectivity index (χ2n) is 5.69. The zero-order chi connectivity index (χ0) is 19.6. The first-order valence-corrected chi connectivity index (χ1v) is 7.89. The number of ether oxygens (including phenoxy) is 2. The van der Waals surface area contributed by atoms with Crippen molar-refractivity contribution in [3.63, 3.8) is 0 Å².